The number of Topliss-reactive ketones (excluding diaryl/α,β-unsaturated/α-hetero) is 1. The first-order valence-electron chi connectivity index (χ1n) is 14.8. The van der Waals surface area contributed by atoms with Gasteiger partial charge in [0, 0.05) is 47.8 Å². The van der Waals surface area contributed by atoms with Crippen molar-refractivity contribution in [3.8, 4) is 22.8 Å². The topological polar surface area (TPSA) is 137 Å². The molecule has 0 unspecified atom stereocenters. The van der Waals surface area contributed by atoms with Gasteiger partial charge in [-0.1, -0.05) is 6.07 Å². The first-order chi connectivity index (χ1) is 21.1. The fraction of sp³-hybridized carbons (Fsp3) is 0.353. The third-order valence-corrected chi connectivity index (χ3v) is 8.32. The van der Waals surface area contributed by atoms with Gasteiger partial charge in [0.05, 0.1) is 11.8 Å². The lowest BCUT2D eigenvalue weighted by atomic mass is 9.81. The van der Waals surface area contributed by atoms with E-state index in [4.69, 9.17) is 20.2 Å². The Morgan fingerprint density at radius 1 is 1.20 bits per heavy atom. The van der Waals surface area contributed by atoms with E-state index < -0.39 is 16.8 Å². The summed E-state index contributed by atoms with van der Waals surface area (Å²) in [5.41, 5.74) is 5.92. The summed E-state index contributed by atoms with van der Waals surface area (Å²) >= 11 is 0. The molecule has 44 heavy (non-hydrogen) atoms. The molecule has 228 valence electrons. The second-order valence-corrected chi connectivity index (χ2v) is 12.0. The van der Waals surface area contributed by atoms with Gasteiger partial charge in [-0.3, -0.25) is 14.6 Å². The van der Waals surface area contributed by atoms with Gasteiger partial charge in [0.15, 0.2) is 5.78 Å². The van der Waals surface area contributed by atoms with Crippen LogP contribution in [0.2, 0.25) is 0 Å². The number of ketones is 1. The zero-order valence-corrected chi connectivity index (χ0v) is 24.7. The van der Waals surface area contributed by atoms with Crippen LogP contribution in [-0.2, 0) is 15.8 Å². The van der Waals surface area contributed by atoms with E-state index in [1.165, 1.54) is 12.1 Å². The van der Waals surface area contributed by atoms with Crippen molar-refractivity contribution in [3.63, 3.8) is 0 Å². The predicted molar refractivity (Wildman–Crippen MR) is 163 cm³/mol. The highest BCUT2D eigenvalue weighted by molar-refractivity contribution is 6.01. The molecular formula is C34H35FN4O5. The number of hydrogen-bond acceptors (Lipinski definition) is 8. The minimum atomic E-state index is -1.55. The van der Waals surface area contributed by atoms with Gasteiger partial charge in [-0.2, -0.15) is 0 Å². The van der Waals surface area contributed by atoms with Crippen LogP contribution in [0.5, 0.6) is 11.5 Å². The molecule has 1 fully saturated rings. The molecule has 1 amide bonds. The molecule has 0 saturated heterocycles. The van der Waals surface area contributed by atoms with Crippen LogP contribution in [0.15, 0.2) is 60.8 Å². The van der Waals surface area contributed by atoms with Gasteiger partial charge in [-0.05, 0) is 81.6 Å². The third-order valence-electron chi connectivity index (χ3n) is 8.32. The van der Waals surface area contributed by atoms with Crippen molar-refractivity contribution in [2.75, 3.05) is 19.7 Å². The Kier molecular flexibility index (Phi) is 7.81. The van der Waals surface area contributed by atoms with Crippen molar-refractivity contribution < 1.29 is 28.6 Å². The average Bonchev–Trinajstić information content (AvgIpc) is 3.78. The van der Waals surface area contributed by atoms with Crippen molar-refractivity contribution >= 4 is 22.6 Å². The third kappa shape index (κ3) is 5.75. The van der Waals surface area contributed by atoms with Crippen LogP contribution in [-0.4, -0.2) is 52.6 Å². The number of hydrogen-bond donors (Lipinski definition) is 3. The maximum absolute atomic E-state index is 13.8. The Morgan fingerprint density at radius 3 is 2.70 bits per heavy atom. The lowest BCUT2D eigenvalue weighted by Crippen LogP contribution is -2.45. The van der Waals surface area contributed by atoms with Crippen molar-refractivity contribution in [1.82, 2.24) is 15.3 Å². The monoisotopic (exact) mass is 598 g/mol. The van der Waals surface area contributed by atoms with E-state index >= 15 is 0 Å². The van der Waals surface area contributed by atoms with Crippen LogP contribution in [0.25, 0.3) is 22.2 Å². The molecule has 3 heterocycles. The highest BCUT2D eigenvalue weighted by Gasteiger charge is 2.46. The molecule has 0 bridgehead atoms. The molecular weight excluding hydrogens is 563 g/mol. The van der Waals surface area contributed by atoms with E-state index in [2.05, 4.69) is 10.3 Å². The predicted octanol–water partition coefficient (Wildman–Crippen LogP) is 4.57. The molecule has 9 nitrogen and oxygen atoms in total. The average molecular weight is 599 g/mol. The number of fused-ring (bicyclic) bond motifs is 2. The number of carbonyl (C=O) groups is 2. The Hall–Kier alpha value is -4.41. The normalized spacial score (nSPS) is 18.8. The molecule has 6 rings (SSSR count). The number of nitrogens with zero attached hydrogens (tertiary/aromatic N) is 2. The first-order valence-corrected chi connectivity index (χ1v) is 14.8. The van der Waals surface area contributed by atoms with Gasteiger partial charge in [0.25, 0.3) is 0 Å². The summed E-state index contributed by atoms with van der Waals surface area (Å²) in [5.74, 6) is 0.136. The summed E-state index contributed by atoms with van der Waals surface area (Å²) in [4.78, 5) is 36.0. The molecule has 0 spiro atoms. The quantitative estimate of drug-likeness (QED) is 0.214. The zero-order valence-electron chi connectivity index (χ0n) is 24.7. The summed E-state index contributed by atoms with van der Waals surface area (Å²) in [5, 5.41) is 15.4. The summed E-state index contributed by atoms with van der Waals surface area (Å²) in [6.45, 7) is 3.99. The zero-order chi connectivity index (χ0) is 31.1. The highest BCUT2D eigenvalue weighted by atomic mass is 19.1. The number of aliphatic hydroxyl groups is 1. The van der Waals surface area contributed by atoms with Gasteiger partial charge in [0.2, 0.25) is 5.91 Å². The second-order valence-electron chi connectivity index (χ2n) is 12.0. The first kappa shape index (κ1) is 29.7. The Morgan fingerprint density at radius 2 is 1.98 bits per heavy atom. The lowest BCUT2D eigenvalue weighted by Gasteiger charge is -2.26. The van der Waals surface area contributed by atoms with Crippen molar-refractivity contribution in [3.05, 3.63) is 83.4 Å². The van der Waals surface area contributed by atoms with E-state index in [-0.39, 0.29) is 49.5 Å². The van der Waals surface area contributed by atoms with Crippen LogP contribution in [0.1, 0.15) is 61.1 Å². The standard InChI is InChI=1S/C34H35FN4O5/c1-33(32(41)38-15-13-36)19-43-31-25(33)18-28(39-30(31)20-5-7-23(35)8-6-20)34(2,42)12-11-26(40)22-16-21-4-3-14-37-29(21)27(17-22)44-24-9-10-24/h3-8,14,16-18,24,42H,9-13,15,19,36H2,1-2H3,(H,38,41)/t33-,34-/m0/s1. The second kappa shape index (κ2) is 11.6. The molecule has 2 aromatic heterocycles. The lowest BCUT2D eigenvalue weighted by molar-refractivity contribution is -0.126. The van der Waals surface area contributed by atoms with E-state index in [0.717, 1.165) is 18.2 Å². The number of benzene rings is 2. The Balaban J connectivity index is 1.32. The smallest absolute Gasteiger partial charge is 0.234 e. The molecule has 2 aromatic carbocycles. The van der Waals surface area contributed by atoms with Crippen LogP contribution in [0.3, 0.4) is 0 Å². The number of nitrogens with one attached hydrogen (secondary N) is 1. The number of carbonyl (C=O) groups excluding carboxylic acids is 2. The number of nitrogens with two attached hydrogens (primary N) is 1. The van der Waals surface area contributed by atoms with Gasteiger partial charge >= 0.3 is 0 Å². The maximum Gasteiger partial charge on any atom is 0.234 e. The number of rotatable bonds is 11. The fourth-order valence-electron chi connectivity index (χ4n) is 5.44. The molecule has 4 aromatic rings. The van der Waals surface area contributed by atoms with Crippen molar-refractivity contribution in [2.45, 2.75) is 56.7 Å². The minimum absolute atomic E-state index is 0.0248. The molecule has 1 saturated carbocycles. The van der Waals surface area contributed by atoms with E-state index in [0.29, 0.717) is 45.9 Å². The van der Waals surface area contributed by atoms with Crippen LogP contribution < -0.4 is 20.5 Å². The van der Waals surface area contributed by atoms with Gasteiger partial charge in [-0.25, -0.2) is 9.37 Å². The summed E-state index contributed by atoms with van der Waals surface area (Å²) in [6.07, 6.45) is 3.87. The highest BCUT2D eigenvalue weighted by Crippen LogP contribution is 2.46. The Bertz CT molecular complexity index is 1740. The van der Waals surface area contributed by atoms with E-state index in [1.807, 2.05) is 12.1 Å². The molecule has 0 radical (unpaired) electrons. The summed E-state index contributed by atoms with van der Waals surface area (Å²) in [7, 11) is 0. The van der Waals surface area contributed by atoms with Gasteiger partial charge in [0.1, 0.15) is 46.1 Å². The Labute approximate surface area is 254 Å². The molecule has 2 atom stereocenters. The van der Waals surface area contributed by atoms with E-state index in [9.17, 15) is 19.1 Å². The number of pyridine rings is 2. The number of halogens is 1. The SMILES string of the molecule is C[C@](O)(CCC(=O)c1cc(OC2CC2)c2ncccc2c1)c1cc2c(c(-c3ccc(F)cc3)n1)OC[C@]2(C)C(=O)NCCN. The summed E-state index contributed by atoms with van der Waals surface area (Å²) in [6, 6.07) is 14.7. The number of ether oxygens (including phenoxy) is 2. The van der Waals surface area contributed by atoms with E-state index in [1.54, 1.807) is 50.4 Å². The molecule has 1 aliphatic heterocycles. The maximum atomic E-state index is 13.8. The molecule has 2 aliphatic rings. The minimum Gasteiger partial charge on any atom is -0.489 e. The van der Waals surface area contributed by atoms with Crippen LogP contribution in [0, 0.1) is 5.82 Å². The number of aromatic nitrogens is 2. The molecule has 10 heteroatoms. The van der Waals surface area contributed by atoms with Crippen LogP contribution in [0.4, 0.5) is 4.39 Å². The van der Waals surface area contributed by atoms with Gasteiger partial charge in [-0.15, -0.1) is 0 Å². The fourth-order valence-corrected chi connectivity index (χ4v) is 5.44. The van der Waals surface area contributed by atoms with Crippen molar-refractivity contribution in [2.24, 2.45) is 5.73 Å². The van der Waals surface area contributed by atoms with Crippen molar-refractivity contribution in [1.29, 1.82) is 0 Å². The molecule has 1 aliphatic carbocycles. The van der Waals surface area contributed by atoms with Gasteiger partial charge < -0.3 is 25.6 Å². The summed E-state index contributed by atoms with van der Waals surface area (Å²) < 4.78 is 25.9. The largest absolute Gasteiger partial charge is 0.489 e. The molecule has 4 N–H and O–H groups in total. The number of amides is 1. The van der Waals surface area contributed by atoms with Crippen LogP contribution >= 0.6 is 0 Å².